The van der Waals surface area contributed by atoms with Gasteiger partial charge in [-0.3, -0.25) is 0 Å². The van der Waals surface area contributed by atoms with Gasteiger partial charge in [-0.15, -0.1) is 0 Å². The van der Waals surface area contributed by atoms with Crippen molar-refractivity contribution in [2.24, 2.45) is 0 Å². The van der Waals surface area contributed by atoms with Gasteiger partial charge in [0.25, 0.3) is 0 Å². The zero-order valence-electron chi connectivity index (χ0n) is 17.0. The molecular weight excluding hydrogens is 404 g/mol. The van der Waals surface area contributed by atoms with Crippen molar-refractivity contribution in [1.29, 1.82) is 0 Å². The van der Waals surface area contributed by atoms with Gasteiger partial charge >= 0.3 is 11.6 Å². The van der Waals surface area contributed by atoms with E-state index in [1.165, 1.54) is 6.07 Å². The summed E-state index contributed by atoms with van der Waals surface area (Å²) in [4.78, 5) is 24.6. The van der Waals surface area contributed by atoms with Crippen molar-refractivity contribution in [2.75, 3.05) is 0 Å². The minimum Gasteiger partial charge on any atom is -0.457 e. The van der Waals surface area contributed by atoms with Crippen LogP contribution in [0.4, 0.5) is 0 Å². The molecule has 1 aromatic heterocycles. The summed E-state index contributed by atoms with van der Waals surface area (Å²) in [5.74, 6) is 0.841. The number of rotatable bonds is 5. The van der Waals surface area contributed by atoms with Crippen LogP contribution in [-0.4, -0.2) is 5.97 Å². The molecule has 0 spiro atoms. The first-order valence-electron chi connectivity index (χ1n) is 10.1. The summed E-state index contributed by atoms with van der Waals surface area (Å²) in [5, 5.41) is 2.71. The lowest BCUT2D eigenvalue weighted by molar-refractivity contribution is 0.0474. The van der Waals surface area contributed by atoms with Crippen molar-refractivity contribution in [3.63, 3.8) is 0 Å². The van der Waals surface area contributed by atoms with Crippen LogP contribution < -0.4 is 10.4 Å². The molecule has 0 atom stereocenters. The van der Waals surface area contributed by atoms with E-state index >= 15 is 0 Å². The lowest BCUT2D eigenvalue weighted by Crippen LogP contribution is -2.08. The molecule has 0 N–H and O–H groups in total. The van der Waals surface area contributed by atoms with Gasteiger partial charge in [-0.2, -0.15) is 0 Å². The Morgan fingerprint density at radius 3 is 2.31 bits per heavy atom. The highest BCUT2D eigenvalue weighted by atomic mass is 16.5. The fourth-order valence-corrected chi connectivity index (χ4v) is 3.64. The third-order valence-corrected chi connectivity index (χ3v) is 5.14. The van der Waals surface area contributed by atoms with Crippen molar-refractivity contribution in [3.05, 3.63) is 119 Å². The zero-order chi connectivity index (χ0) is 21.9. The van der Waals surface area contributed by atoms with Crippen molar-refractivity contribution in [1.82, 2.24) is 0 Å². The molecule has 5 aromatic rings. The number of esters is 1. The molecule has 0 radical (unpaired) electrons. The predicted octanol–water partition coefficient (Wildman–Crippen LogP) is 6.10. The zero-order valence-corrected chi connectivity index (χ0v) is 17.0. The quantitative estimate of drug-likeness (QED) is 0.195. The van der Waals surface area contributed by atoms with Gasteiger partial charge in [0.15, 0.2) is 0 Å². The average Bonchev–Trinajstić information content (AvgIpc) is 2.83. The van der Waals surface area contributed by atoms with Crippen LogP contribution in [0.3, 0.4) is 0 Å². The first-order chi connectivity index (χ1) is 15.7. The summed E-state index contributed by atoms with van der Waals surface area (Å²) < 4.78 is 16.6. The van der Waals surface area contributed by atoms with Crippen molar-refractivity contribution in [3.8, 4) is 11.5 Å². The van der Waals surface area contributed by atoms with Gasteiger partial charge in [0, 0.05) is 17.0 Å². The van der Waals surface area contributed by atoms with Gasteiger partial charge in [0.1, 0.15) is 23.7 Å². The van der Waals surface area contributed by atoms with Crippen molar-refractivity contribution < 1.29 is 18.7 Å². The van der Waals surface area contributed by atoms with E-state index in [0.717, 1.165) is 16.2 Å². The first-order valence-corrected chi connectivity index (χ1v) is 10.1. The van der Waals surface area contributed by atoms with Crippen LogP contribution in [0, 0.1) is 0 Å². The standard InChI is InChI=1S/C27H18O5/c28-25-16-20(26-23-9-5-4-6-18(23)12-15-24(26)32-25)17-30-27(29)19-10-13-22(14-11-19)31-21-7-2-1-3-8-21/h1-16H,17H2. The van der Waals surface area contributed by atoms with Gasteiger partial charge in [-0.1, -0.05) is 48.5 Å². The molecule has 4 aromatic carbocycles. The molecule has 0 saturated carbocycles. The predicted molar refractivity (Wildman–Crippen MR) is 122 cm³/mol. The fraction of sp³-hybridized carbons (Fsp3) is 0.0370. The number of fused-ring (bicyclic) bond motifs is 3. The first kappa shape index (κ1) is 19.6. The molecule has 1 heterocycles. The van der Waals surface area contributed by atoms with Gasteiger partial charge in [-0.05, 0) is 53.2 Å². The second-order valence-corrected chi connectivity index (χ2v) is 7.27. The third-order valence-electron chi connectivity index (χ3n) is 5.14. The summed E-state index contributed by atoms with van der Waals surface area (Å²) in [6, 6.07) is 28.9. The lowest BCUT2D eigenvalue weighted by atomic mass is 10.0. The molecule has 0 bridgehead atoms. The molecule has 0 saturated heterocycles. The summed E-state index contributed by atoms with van der Waals surface area (Å²) in [7, 11) is 0. The normalized spacial score (nSPS) is 10.9. The van der Waals surface area contributed by atoms with Gasteiger partial charge in [0.05, 0.1) is 5.56 Å². The molecule has 0 fully saturated rings. The van der Waals surface area contributed by atoms with Crippen LogP contribution in [0.15, 0.2) is 106 Å². The molecule has 5 nitrogen and oxygen atoms in total. The minimum absolute atomic E-state index is 0.0444. The molecular formula is C27H18O5. The largest absolute Gasteiger partial charge is 0.457 e. The fourth-order valence-electron chi connectivity index (χ4n) is 3.64. The lowest BCUT2D eigenvalue weighted by Gasteiger charge is -2.10. The molecule has 32 heavy (non-hydrogen) atoms. The Morgan fingerprint density at radius 2 is 1.50 bits per heavy atom. The second kappa shape index (κ2) is 8.40. The van der Waals surface area contributed by atoms with Crippen LogP contribution in [0.5, 0.6) is 11.5 Å². The molecule has 156 valence electrons. The molecule has 5 heteroatoms. The van der Waals surface area contributed by atoms with E-state index in [1.807, 2.05) is 60.7 Å². The smallest absolute Gasteiger partial charge is 0.338 e. The van der Waals surface area contributed by atoms with Crippen molar-refractivity contribution >= 4 is 27.7 Å². The second-order valence-electron chi connectivity index (χ2n) is 7.27. The maximum absolute atomic E-state index is 12.6. The molecule has 0 aliphatic carbocycles. The van der Waals surface area contributed by atoms with Crippen LogP contribution in [-0.2, 0) is 11.3 Å². The number of hydrogen-bond donors (Lipinski definition) is 0. The summed E-state index contributed by atoms with van der Waals surface area (Å²) in [6.45, 7) is -0.0444. The Hall–Kier alpha value is -4.38. The Morgan fingerprint density at radius 1 is 0.781 bits per heavy atom. The Balaban J connectivity index is 1.37. The minimum atomic E-state index is -0.488. The summed E-state index contributed by atoms with van der Waals surface area (Å²) in [6.07, 6.45) is 0. The van der Waals surface area contributed by atoms with Crippen LogP contribution in [0.1, 0.15) is 15.9 Å². The van der Waals surface area contributed by atoms with Crippen LogP contribution in [0.25, 0.3) is 21.7 Å². The topological polar surface area (TPSA) is 65.7 Å². The van der Waals surface area contributed by atoms with Gasteiger partial charge < -0.3 is 13.9 Å². The maximum atomic E-state index is 12.6. The van der Waals surface area contributed by atoms with E-state index < -0.39 is 11.6 Å². The van der Waals surface area contributed by atoms with Gasteiger partial charge in [0.2, 0.25) is 0 Å². The van der Waals surface area contributed by atoms with Crippen LogP contribution in [0.2, 0.25) is 0 Å². The molecule has 0 aliphatic rings. The van der Waals surface area contributed by atoms with E-state index in [0.29, 0.717) is 28.2 Å². The number of hydrogen-bond acceptors (Lipinski definition) is 5. The average molecular weight is 422 g/mol. The highest BCUT2D eigenvalue weighted by molar-refractivity contribution is 6.07. The maximum Gasteiger partial charge on any atom is 0.338 e. The molecule has 0 unspecified atom stereocenters. The highest BCUT2D eigenvalue weighted by Crippen LogP contribution is 2.28. The van der Waals surface area contributed by atoms with Crippen LogP contribution >= 0.6 is 0 Å². The van der Waals surface area contributed by atoms with E-state index in [9.17, 15) is 9.59 Å². The SMILES string of the molecule is O=C(OCc1cc(=O)oc2ccc3ccccc3c12)c1ccc(Oc2ccccc2)cc1. The summed E-state index contributed by atoms with van der Waals surface area (Å²) >= 11 is 0. The van der Waals surface area contributed by atoms with Crippen molar-refractivity contribution in [2.45, 2.75) is 6.61 Å². The number of ether oxygens (including phenoxy) is 2. The monoisotopic (exact) mass is 422 g/mol. The Kier molecular flexibility index (Phi) is 5.14. The van der Waals surface area contributed by atoms with E-state index in [2.05, 4.69) is 0 Å². The molecule has 0 amide bonds. The molecule has 5 rings (SSSR count). The number of para-hydroxylation sites is 1. The number of carbonyl (C=O) groups excluding carboxylic acids is 1. The van der Waals surface area contributed by atoms with Gasteiger partial charge in [-0.25, -0.2) is 9.59 Å². The molecule has 0 aliphatic heterocycles. The Labute approximate surface area is 183 Å². The van der Waals surface area contributed by atoms with E-state index in [4.69, 9.17) is 13.9 Å². The van der Waals surface area contributed by atoms with E-state index in [-0.39, 0.29) is 6.61 Å². The number of carbonyl (C=O) groups is 1. The number of benzene rings is 4. The Bertz CT molecular complexity index is 1470. The third kappa shape index (κ3) is 3.96. The van der Waals surface area contributed by atoms with E-state index in [1.54, 1.807) is 30.3 Å². The summed E-state index contributed by atoms with van der Waals surface area (Å²) in [5.41, 5.74) is 0.971. The highest BCUT2D eigenvalue weighted by Gasteiger charge is 2.13.